The van der Waals surface area contributed by atoms with Crippen molar-refractivity contribution in [2.45, 2.75) is 72.6 Å². The number of pyridine rings is 1. The Morgan fingerprint density at radius 3 is 2.12 bits per heavy atom. The van der Waals surface area contributed by atoms with Crippen molar-refractivity contribution in [3.8, 4) is 39.6 Å². The van der Waals surface area contributed by atoms with Crippen LogP contribution in [0.1, 0.15) is 86.8 Å². The largest absolute Gasteiger partial charge is 0.486 e. The van der Waals surface area contributed by atoms with Crippen LogP contribution in [0.2, 0.25) is 0 Å². The van der Waals surface area contributed by atoms with E-state index in [1.165, 1.54) is 0 Å². The average Bonchev–Trinajstić information content (AvgIpc) is 3.91. The van der Waals surface area contributed by atoms with E-state index < -0.39 is 6.85 Å². The molecule has 0 saturated heterocycles. The topological polar surface area (TPSA) is 69.6 Å². The zero-order valence-corrected chi connectivity index (χ0v) is 40.5. The van der Waals surface area contributed by atoms with E-state index in [2.05, 4.69) is 142 Å². The molecular weight excluding hydrogens is 987 g/mol. The third-order valence-corrected chi connectivity index (χ3v) is 12.1. The standard InChI is InChI=1S/C45H36N3O.C14H15N2.Ir/c1-26(2)36-24-32(29-14-7-6-8-15-29)25-37(27(3)4)42(36)48-41-28(5)13-11-20-39(41)46-44(48)35-19-12-18-34-38-23-31-22-21-30-16-9-10-17-33(30)40(31)47-45(38)49-43(34)35;1-14(2,3)12-9-10-15-13(16-12)11-7-5-4-6-8-11;/h6-18,20-27H,1-5H3;4-7,9-10H,1-3H3;/q2*-1;/i5D3;;. The predicted molar refractivity (Wildman–Crippen MR) is 269 cm³/mol. The summed E-state index contributed by atoms with van der Waals surface area (Å²) in [7, 11) is 0. The van der Waals surface area contributed by atoms with E-state index in [9.17, 15) is 0 Å². The van der Waals surface area contributed by atoms with Gasteiger partial charge in [0.2, 0.25) is 5.71 Å². The summed E-state index contributed by atoms with van der Waals surface area (Å²) in [5.74, 6) is 1.54. The number of para-hydroxylation sites is 1. The van der Waals surface area contributed by atoms with Gasteiger partial charge in [-0.3, -0.25) is 15.0 Å². The molecule has 0 unspecified atom stereocenters. The number of hydrogen-bond donors (Lipinski definition) is 0. The van der Waals surface area contributed by atoms with Gasteiger partial charge in [0.15, 0.2) is 0 Å². The second-order valence-corrected chi connectivity index (χ2v) is 18.3. The first-order valence-electron chi connectivity index (χ1n) is 23.8. The Labute approximate surface area is 404 Å². The van der Waals surface area contributed by atoms with Gasteiger partial charge in [-0.05, 0) is 82.2 Å². The molecule has 7 aromatic carbocycles. The average molecular weight is 1040 g/mol. The van der Waals surface area contributed by atoms with Gasteiger partial charge in [0.05, 0.1) is 33.8 Å². The van der Waals surface area contributed by atoms with Crippen molar-refractivity contribution in [2.75, 3.05) is 0 Å². The van der Waals surface area contributed by atoms with Gasteiger partial charge >= 0.3 is 0 Å². The number of aryl methyl sites for hydroxylation is 1. The first kappa shape index (κ1) is 40.7. The molecule has 4 heterocycles. The minimum atomic E-state index is -2.38. The van der Waals surface area contributed by atoms with E-state index in [1.807, 2.05) is 72.9 Å². The fourth-order valence-corrected chi connectivity index (χ4v) is 8.79. The third-order valence-electron chi connectivity index (χ3n) is 12.1. The number of benzene rings is 7. The molecular formula is C59H51IrN5O-2. The maximum absolute atomic E-state index is 8.64. The summed E-state index contributed by atoms with van der Waals surface area (Å²) >= 11 is 0. The van der Waals surface area contributed by atoms with Crippen LogP contribution in [0.4, 0.5) is 0 Å². The number of rotatable bonds is 6. The summed E-state index contributed by atoms with van der Waals surface area (Å²) in [6, 6.07) is 55.1. The van der Waals surface area contributed by atoms with Crippen LogP contribution in [0.3, 0.4) is 0 Å². The van der Waals surface area contributed by atoms with Crippen LogP contribution in [0.5, 0.6) is 0 Å². The van der Waals surface area contributed by atoms with Crippen molar-refractivity contribution in [1.82, 2.24) is 24.5 Å². The van der Waals surface area contributed by atoms with Crippen molar-refractivity contribution in [3.05, 3.63) is 186 Å². The van der Waals surface area contributed by atoms with E-state index in [1.54, 1.807) is 12.1 Å². The number of imidazole rings is 1. The van der Waals surface area contributed by atoms with Crippen molar-refractivity contribution >= 4 is 54.8 Å². The van der Waals surface area contributed by atoms with E-state index in [-0.39, 0.29) is 42.9 Å². The Hall–Kier alpha value is -6.79. The summed E-state index contributed by atoms with van der Waals surface area (Å²) in [6.07, 6.45) is 1.81. The van der Waals surface area contributed by atoms with Crippen LogP contribution >= 0.6 is 0 Å². The molecule has 6 nitrogen and oxygen atoms in total. The molecule has 329 valence electrons. The number of fused-ring (bicyclic) bond motifs is 7. The minimum Gasteiger partial charge on any atom is -0.486 e. The molecule has 0 spiro atoms. The molecule has 7 heteroatoms. The Morgan fingerprint density at radius 1 is 0.652 bits per heavy atom. The third kappa shape index (κ3) is 8.12. The first-order valence-corrected chi connectivity index (χ1v) is 22.3. The van der Waals surface area contributed by atoms with Gasteiger partial charge in [0, 0.05) is 63.4 Å². The van der Waals surface area contributed by atoms with Crippen molar-refractivity contribution < 1.29 is 28.6 Å². The minimum absolute atomic E-state index is 0. The molecule has 0 atom stereocenters. The van der Waals surface area contributed by atoms with Gasteiger partial charge in [-0.1, -0.05) is 138 Å². The van der Waals surface area contributed by atoms with Crippen LogP contribution in [-0.2, 0) is 25.5 Å². The first-order chi connectivity index (χ1) is 32.7. The van der Waals surface area contributed by atoms with Crippen molar-refractivity contribution in [2.24, 2.45) is 0 Å². The Morgan fingerprint density at radius 2 is 1.39 bits per heavy atom. The fraction of sp³-hybridized carbons (Fsp3) is 0.186. The fourth-order valence-electron chi connectivity index (χ4n) is 8.79. The maximum atomic E-state index is 8.64. The zero-order chi connectivity index (χ0) is 47.5. The quantitative estimate of drug-likeness (QED) is 0.123. The summed E-state index contributed by atoms with van der Waals surface area (Å²) in [6.45, 7) is 12.8. The molecule has 0 bridgehead atoms. The molecule has 11 aromatic rings. The molecule has 0 N–H and O–H groups in total. The van der Waals surface area contributed by atoms with Gasteiger partial charge in [-0.25, -0.2) is 4.98 Å². The summed E-state index contributed by atoms with van der Waals surface area (Å²) in [5, 5.41) is 5.00. The van der Waals surface area contributed by atoms with Crippen LogP contribution in [-0.4, -0.2) is 24.5 Å². The van der Waals surface area contributed by atoms with Crippen LogP contribution in [0.15, 0.2) is 156 Å². The Balaban J connectivity index is 0.000000296. The molecule has 0 aliphatic carbocycles. The van der Waals surface area contributed by atoms with Gasteiger partial charge in [0.25, 0.3) is 0 Å². The Kier molecular flexibility index (Phi) is 11.0. The van der Waals surface area contributed by atoms with Gasteiger partial charge in [-0.15, -0.1) is 54.1 Å². The summed E-state index contributed by atoms with van der Waals surface area (Å²) in [4.78, 5) is 19.2. The second kappa shape index (κ2) is 17.9. The van der Waals surface area contributed by atoms with Gasteiger partial charge in [0.1, 0.15) is 0 Å². The zero-order valence-electron chi connectivity index (χ0n) is 41.1. The monoisotopic (exact) mass is 1040 g/mol. The molecule has 0 aliphatic heterocycles. The molecule has 11 rings (SSSR count). The Bertz CT molecular complexity index is 3640. The molecule has 0 fully saturated rings. The van der Waals surface area contributed by atoms with E-state index >= 15 is 0 Å². The number of aromatic nitrogens is 5. The molecule has 4 aromatic heterocycles. The SMILES string of the molecule is CC(C)(C)c1ccnc(-c2[c-]cccc2)n1.[2H]C([2H])([2H])c1cccc2nc(-c3[c-]ccc4c3oc3nc5c(ccc6ccccc65)cc34)n(-c3c(C(C)C)cc(-c4ccccc4)cc3C(C)C)c12.[Ir]. The number of furan rings is 1. The van der Waals surface area contributed by atoms with E-state index in [4.69, 9.17) is 18.5 Å². The van der Waals surface area contributed by atoms with Crippen molar-refractivity contribution in [3.63, 3.8) is 0 Å². The normalized spacial score (nSPS) is 12.7. The number of nitrogens with zero attached hydrogens (tertiary/aromatic N) is 5. The van der Waals surface area contributed by atoms with Crippen LogP contribution in [0.25, 0.3) is 94.4 Å². The van der Waals surface area contributed by atoms with Crippen LogP contribution < -0.4 is 0 Å². The number of hydrogen-bond acceptors (Lipinski definition) is 5. The van der Waals surface area contributed by atoms with Crippen LogP contribution in [0, 0.1) is 19.0 Å². The molecule has 0 aliphatic rings. The van der Waals surface area contributed by atoms with Gasteiger partial charge in [-0.2, -0.15) is 0 Å². The van der Waals surface area contributed by atoms with E-state index in [0.717, 1.165) is 77.5 Å². The smallest absolute Gasteiger partial charge is 0.216 e. The van der Waals surface area contributed by atoms with E-state index in [0.29, 0.717) is 33.7 Å². The predicted octanol–water partition coefficient (Wildman–Crippen LogP) is 15.6. The maximum Gasteiger partial charge on any atom is 0.216 e. The molecule has 0 amide bonds. The summed E-state index contributed by atoms with van der Waals surface area (Å²) < 4.78 is 34.7. The summed E-state index contributed by atoms with van der Waals surface area (Å²) in [5.41, 5.74) is 11.5. The van der Waals surface area contributed by atoms with Crippen molar-refractivity contribution in [1.29, 1.82) is 0 Å². The molecule has 1 radical (unpaired) electrons. The van der Waals surface area contributed by atoms with Gasteiger partial charge < -0.3 is 8.98 Å². The molecule has 0 saturated carbocycles. The second-order valence-electron chi connectivity index (χ2n) is 18.3. The molecule has 66 heavy (non-hydrogen) atoms.